The quantitative estimate of drug-likeness (QED) is 0.924. The highest BCUT2D eigenvalue weighted by atomic mass is 35.5. The smallest absolute Gasteiger partial charge is 0.336 e. The van der Waals surface area contributed by atoms with E-state index in [9.17, 15) is 13.2 Å². The normalized spacial score (nSPS) is 20.4. The van der Waals surface area contributed by atoms with Crippen LogP contribution in [0.3, 0.4) is 0 Å². The highest BCUT2D eigenvalue weighted by molar-refractivity contribution is 7.89. The minimum atomic E-state index is -3.72. The molecule has 7 heteroatoms. The van der Waals surface area contributed by atoms with E-state index in [1.807, 2.05) is 6.92 Å². The number of carboxylic acids is 1. The lowest BCUT2D eigenvalue weighted by Crippen LogP contribution is -2.39. The van der Waals surface area contributed by atoms with E-state index in [1.165, 1.54) is 23.4 Å². The topological polar surface area (TPSA) is 74.7 Å². The molecule has 0 saturated carbocycles. The van der Waals surface area contributed by atoms with Gasteiger partial charge in [-0.2, -0.15) is 4.31 Å². The number of benzene rings is 1. The summed E-state index contributed by atoms with van der Waals surface area (Å²) in [6.45, 7) is 4.42. The molecule has 116 valence electrons. The van der Waals surface area contributed by atoms with E-state index in [-0.39, 0.29) is 21.0 Å². The second-order valence-corrected chi connectivity index (χ2v) is 7.83. The zero-order valence-corrected chi connectivity index (χ0v) is 13.5. The summed E-state index contributed by atoms with van der Waals surface area (Å²) in [5.74, 6) is -0.884. The molecule has 0 radical (unpaired) electrons. The SMILES string of the molecule is Cc1c(C(=O)O)cc(Cl)cc1S(=O)(=O)N1CCCC(C)C1. The molecule has 1 saturated heterocycles. The molecule has 1 aliphatic heterocycles. The Labute approximate surface area is 129 Å². The van der Waals surface area contributed by atoms with Crippen molar-refractivity contribution in [2.75, 3.05) is 13.1 Å². The molecular weight excluding hydrogens is 314 g/mol. The van der Waals surface area contributed by atoms with Gasteiger partial charge in [-0.1, -0.05) is 18.5 Å². The molecule has 1 atom stereocenters. The molecule has 1 heterocycles. The summed E-state index contributed by atoms with van der Waals surface area (Å²) in [5, 5.41) is 9.28. The summed E-state index contributed by atoms with van der Waals surface area (Å²) >= 11 is 5.89. The standard InChI is InChI=1S/C14H18ClNO4S/c1-9-4-3-5-16(8-9)21(19,20)13-7-11(15)6-12(10(13)2)14(17)18/h6-7,9H,3-5,8H2,1-2H3,(H,17,18). The van der Waals surface area contributed by atoms with Gasteiger partial charge in [0.05, 0.1) is 10.5 Å². The van der Waals surface area contributed by atoms with Crippen molar-refractivity contribution in [2.45, 2.75) is 31.6 Å². The van der Waals surface area contributed by atoms with Crippen LogP contribution in [0.2, 0.25) is 5.02 Å². The zero-order chi connectivity index (χ0) is 15.8. The van der Waals surface area contributed by atoms with Crippen molar-refractivity contribution >= 4 is 27.6 Å². The van der Waals surface area contributed by atoms with Gasteiger partial charge in [-0.15, -0.1) is 0 Å². The molecule has 0 bridgehead atoms. The second kappa shape index (κ2) is 5.94. The van der Waals surface area contributed by atoms with Crippen LogP contribution in [0.1, 0.15) is 35.7 Å². The van der Waals surface area contributed by atoms with Gasteiger partial charge in [0.1, 0.15) is 0 Å². The Morgan fingerprint density at radius 2 is 2.10 bits per heavy atom. The van der Waals surface area contributed by atoms with Crippen molar-refractivity contribution in [3.05, 3.63) is 28.3 Å². The number of carbonyl (C=O) groups is 1. The third-order valence-corrected chi connectivity index (χ3v) is 6.00. The molecule has 5 nitrogen and oxygen atoms in total. The summed E-state index contributed by atoms with van der Waals surface area (Å²) in [4.78, 5) is 11.2. The Balaban J connectivity index is 2.52. The van der Waals surface area contributed by atoms with Gasteiger partial charge in [-0.3, -0.25) is 0 Å². The van der Waals surface area contributed by atoms with Crippen LogP contribution in [0.15, 0.2) is 17.0 Å². The van der Waals surface area contributed by atoms with Crippen LogP contribution in [-0.4, -0.2) is 36.9 Å². The maximum Gasteiger partial charge on any atom is 0.336 e. The fraction of sp³-hybridized carbons (Fsp3) is 0.500. The van der Waals surface area contributed by atoms with Gasteiger partial charge in [0.2, 0.25) is 10.0 Å². The number of rotatable bonds is 3. The van der Waals surface area contributed by atoms with Gasteiger partial charge in [0.25, 0.3) is 0 Å². The van der Waals surface area contributed by atoms with Gasteiger partial charge < -0.3 is 5.11 Å². The van der Waals surface area contributed by atoms with Crippen LogP contribution in [-0.2, 0) is 10.0 Å². The van der Waals surface area contributed by atoms with Crippen LogP contribution in [0, 0.1) is 12.8 Å². The summed E-state index contributed by atoms with van der Waals surface area (Å²) in [5.41, 5.74) is 0.149. The summed E-state index contributed by atoms with van der Waals surface area (Å²) in [7, 11) is -3.72. The largest absolute Gasteiger partial charge is 0.478 e. The fourth-order valence-corrected chi connectivity index (χ4v) is 4.80. The number of halogens is 1. The van der Waals surface area contributed by atoms with E-state index in [1.54, 1.807) is 0 Å². The Kier molecular flexibility index (Phi) is 4.60. The van der Waals surface area contributed by atoms with Crippen molar-refractivity contribution in [1.82, 2.24) is 4.31 Å². The monoisotopic (exact) mass is 331 g/mol. The summed E-state index contributed by atoms with van der Waals surface area (Å²) in [6, 6.07) is 2.61. The molecule has 2 rings (SSSR count). The number of carboxylic acid groups (broad SMARTS) is 1. The lowest BCUT2D eigenvalue weighted by molar-refractivity contribution is 0.0696. The summed E-state index contributed by atoms with van der Waals surface area (Å²) < 4.78 is 26.9. The van der Waals surface area contributed by atoms with Crippen LogP contribution in [0.5, 0.6) is 0 Å². The Morgan fingerprint density at radius 3 is 2.67 bits per heavy atom. The first-order chi connectivity index (χ1) is 9.73. The highest BCUT2D eigenvalue weighted by Crippen LogP contribution is 2.29. The van der Waals surface area contributed by atoms with Crippen molar-refractivity contribution in [3.8, 4) is 0 Å². The van der Waals surface area contributed by atoms with Crippen LogP contribution in [0.4, 0.5) is 0 Å². The number of piperidine rings is 1. The van der Waals surface area contributed by atoms with Crippen LogP contribution >= 0.6 is 11.6 Å². The Bertz CT molecular complexity index is 672. The number of nitrogens with zero attached hydrogens (tertiary/aromatic N) is 1. The van der Waals surface area contributed by atoms with Gasteiger partial charge in [-0.05, 0) is 43.4 Å². The molecule has 0 spiro atoms. The van der Waals surface area contributed by atoms with Gasteiger partial charge >= 0.3 is 5.97 Å². The average Bonchev–Trinajstić information content (AvgIpc) is 2.40. The van der Waals surface area contributed by atoms with Crippen LogP contribution in [0.25, 0.3) is 0 Å². The second-order valence-electron chi connectivity index (χ2n) is 5.49. The van der Waals surface area contributed by atoms with Gasteiger partial charge in [0, 0.05) is 18.1 Å². The van der Waals surface area contributed by atoms with E-state index in [4.69, 9.17) is 16.7 Å². The number of aromatic carboxylic acids is 1. The molecule has 21 heavy (non-hydrogen) atoms. The number of sulfonamides is 1. The molecular formula is C14H18ClNO4S. The van der Waals surface area contributed by atoms with E-state index in [0.29, 0.717) is 19.0 Å². The zero-order valence-electron chi connectivity index (χ0n) is 12.0. The third-order valence-electron chi connectivity index (χ3n) is 3.79. The molecule has 1 aliphatic rings. The van der Waals surface area contributed by atoms with E-state index >= 15 is 0 Å². The Morgan fingerprint density at radius 1 is 1.43 bits per heavy atom. The lowest BCUT2D eigenvalue weighted by Gasteiger charge is -2.30. The van der Waals surface area contributed by atoms with Gasteiger partial charge in [0.15, 0.2) is 0 Å². The van der Waals surface area contributed by atoms with Crippen LogP contribution < -0.4 is 0 Å². The van der Waals surface area contributed by atoms with E-state index < -0.39 is 16.0 Å². The first-order valence-electron chi connectivity index (χ1n) is 6.77. The minimum absolute atomic E-state index is 0.0125. The van der Waals surface area contributed by atoms with Crippen molar-refractivity contribution in [2.24, 2.45) is 5.92 Å². The molecule has 0 amide bonds. The molecule has 1 fully saturated rings. The van der Waals surface area contributed by atoms with Gasteiger partial charge in [-0.25, -0.2) is 13.2 Å². The third kappa shape index (κ3) is 3.22. The minimum Gasteiger partial charge on any atom is -0.478 e. The Hall–Kier alpha value is -1.11. The predicted molar refractivity (Wildman–Crippen MR) is 80.3 cm³/mol. The van der Waals surface area contributed by atoms with Crippen molar-refractivity contribution < 1.29 is 18.3 Å². The maximum atomic E-state index is 12.8. The fourth-order valence-electron chi connectivity index (χ4n) is 2.65. The maximum absolute atomic E-state index is 12.8. The lowest BCUT2D eigenvalue weighted by atomic mass is 10.0. The average molecular weight is 332 g/mol. The first kappa shape index (κ1) is 16.3. The molecule has 0 aromatic heterocycles. The highest BCUT2D eigenvalue weighted by Gasteiger charge is 2.31. The van der Waals surface area contributed by atoms with Crippen molar-refractivity contribution in [3.63, 3.8) is 0 Å². The molecule has 1 aromatic carbocycles. The van der Waals surface area contributed by atoms with Crippen molar-refractivity contribution in [1.29, 1.82) is 0 Å². The molecule has 1 N–H and O–H groups in total. The molecule has 1 aromatic rings. The first-order valence-corrected chi connectivity index (χ1v) is 8.59. The van der Waals surface area contributed by atoms with E-state index in [0.717, 1.165) is 12.8 Å². The summed E-state index contributed by atoms with van der Waals surface area (Å²) in [6.07, 6.45) is 1.81. The number of hydrogen-bond acceptors (Lipinski definition) is 3. The molecule has 1 unspecified atom stereocenters. The number of hydrogen-bond donors (Lipinski definition) is 1. The molecule has 0 aliphatic carbocycles. The van der Waals surface area contributed by atoms with E-state index in [2.05, 4.69) is 0 Å². The predicted octanol–water partition coefficient (Wildman–Crippen LogP) is 2.77.